The van der Waals surface area contributed by atoms with E-state index in [1.165, 1.54) is 128 Å². The van der Waals surface area contributed by atoms with Crippen molar-refractivity contribution in [2.24, 2.45) is 0 Å². The van der Waals surface area contributed by atoms with E-state index < -0.39 is 6.10 Å². The maximum Gasteiger partial charge on any atom is 0.306 e. The highest BCUT2D eigenvalue weighted by molar-refractivity contribution is 5.71. The summed E-state index contributed by atoms with van der Waals surface area (Å²) in [5, 5.41) is 0. The fourth-order valence-electron chi connectivity index (χ4n) is 6.84. The van der Waals surface area contributed by atoms with Crippen LogP contribution in [0.3, 0.4) is 0 Å². The summed E-state index contributed by atoms with van der Waals surface area (Å²) in [4.78, 5) is 37.8. The molecule has 0 aromatic heterocycles. The van der Waals surface area contributed by atoms with Gasteiger partial charge in [0.05, 0.1) is 0 Å². The van der Waals surface area contributed by atoms with E-state index in [0.717, 1.165) is 83.5 Å². The van der Waals surface area contributed by atoms with Crippen LogP contribution in [-0.4, -0.2) is 37.2 Å². The summed E-state index contributed by atoms with van der Waals surface area (Å²) < 4.78 is 16.7. The first-order valence-corrected chi connectivity index (χ1v) is 24.5. The standard InChI is InChI=1S/C51H92O6/c1-4-7-10-13-16-19-22-25-28-31-34-37-40-43-49(52)55-46-48(57-51(54)45-42-39-36-33-30-27-24-21-18-15-12-9-6-3)47-56-50(53)44-41-38-35-32-29-26-23-20-17-14-11-8-5-2/h19-24,48H,4-18,25-47H2,1-3H3/b22-19-,23-20-,24-21-. The van der Waals surface area contributed by atoms with Gasteiger partial charge in [0.1, 0.15) is 13.2 Å². The lowest BCUT2D eigenvalue weighted by atomic mass is 10.1. The van der Waals surface area contributed by atoms with E-state index in [9.17, 15) is 14.4 Å². The first-order valence-electron chi connectivity index (χ1n) is 24.5. The van der Waals surface area contributed by atoms with Crippen LogP contribution in [-0.2, 0) is 28.6 Å². The molecule has 332 valence electrons. The van der Waals surface area contributed by atoms with E-state index >= 15 is 0 Å². The molecule has 0 fully saturated rings. The summed E-state index contributed by atoms with van der Waals surface area (Å²) in [6, 6.07) is 0. The lowest BCUT2D eigenvalue weighted by molar-refractivity contribution is -0.167. The topological polar surface area (TPSA) is 78.9 Å². The summed E-state index contributed by atoms with van der Waals surface area (Å²) in [6.07, 6.45) is 52.6. The minimum Gasteiger partial charge on any atom is -0.462 e. The third-order valence-electron chi connectivity index (χ3n) is 10.6. The van der Waals surface area contributed by atoms with Crippen molar-refractivity contribution in [3.8, 4) is 0 Å². The number of unbranched alkanes of at least 4 members (excludes halogenated alkanes) is 27. The van der Waals surface area contributed by atoms with Crippen molar-refractivity contribution in [3.63, 3.8) is 0 Å². The number of ether oxygens (including phenoxy) is 3. The third kappa shape index (κ3) is 44.6. The zero-order chi connectivity index (χ0) is 41.5. The van der Waals surface area contributed by atoms with Crippen LogP contribution in [0.1, 0.15) is 252 Å². The zero-order valence-electron chi connectivity index (χ0n) is 37.9. The van der Waals surface area contributed by atoms with Gasteiger partial charge in [-0.15, -0.1) is 0 Å². The predicted octanol–water partition coefficient (Wildman–Crippen LogP) is 15.8. The molecule has 0 aliphatic carbocycles. The van der Waals surface area contributed by atoms with Crippen LogP contribution in [0.4, 0.5) is 0 Å². The highest BCUT2D eigenvalue weighted by Gasteiger charge is 2.19. The van der Waals surface area contributed by atoms with E-state index in [0.29, 0.717) is 19.3 Å². The Balaban J connectivity index is 4.40. The Bertz CT molecular complexity index is 917. The lowest BCUT2D eigenvalue weighted by Gasteiger charge is -2.18. The second-order valence-corrected chi connectivity index (χ2v) is 16.4. The molecular weight excluding hydrogens is 709 g/mol. The Morgan fingerprint density at radius 2 is 0.579 bits per heavy atom. The Kier molecular flexibility index (Phi) is 44.4. The second-order valence-electron chi connectivity index (χ2n) is 16.4. The van der Waals surface area contributed by atoms with Crippen LogP contribution in [0.5, 0.6) is 0 Å². The smallest absolute Gasteiger partial charge is 0.306 e. The summed E-state index contributed by atoms with van der Waals surface area (Å²) in [7, 11) is 0. The van der Waals surface area contributed by atoms with E-state index in [4.69, 9.17) is 14.2 Å². The average Bonchev–Trinajstić information content (AvgIpc) is 3.21. The minimum absolute atomic E-state index is 0.0814. The van der Waals surface area contributed by atoms with Crippen molar-refractivity contribution in [2.45, 2.75) is 258 Å². The minimum atomic E-state index is -0.779. The summed E-state index contributed by atoms with van der Waals surface area (Å²) in [5.74, 6) is -0.903. The number of rotatable bonds is 44. The monoisotopic (exact) mass is 801 g/mol. The van der Waals surface area contributed by atoms with Gasteiger partial charge in [0.15, 0.2) is 6.10 Å². The summed E-state index contributed by atoms with van der Waals surface area (Å²) >= 11 is 0. The molecule has 6 nitrogen and oxygen atoms in total. The van der Waals surface area contributed by atoms with Crippen LogP contribution in [0.2, 0.25) is 0 Å². The molecule has 6 heteroatoms. The number of hydrogen-bond acceptors (Lipinski definition) is 6. The van der Waals surface area contributed by atoms with Gasteiger partial charge in [0, 0.05) is 19.3 Å². The Labute approximate surface area is 353 Å². The highest BCUT2D eigenvalue weighted by Crippen LogP contribution is 2.14. The molecule has 0 saturated heterocycles. The van der Waals surface area contributed by atoms with Crippen LogP contribution >= 0.6 is 0 Å². The van der Waals surface area contributed by atoms with E-state index in [1.54, 1.807) is 0 Å². The van der Waals surface area contributed by atoms with Crippen LogP contribution in [0, 0.1) is 0 Å². The molecule has 0 aromatic carbocycles. The van der Waals surface area contributed by atoms with Crippen molar-refractivity contribution in [1.82, 2.24) is 0 Å². The average molecular weight is 801 g/mol. The molecule has 0 amide bonds. The van der Waals surface area contributed by atoms with Crippen LogP contribution < -0.4 is 0 Å². The molecule has 0 radical (unpaired) electrons. The molecule has 0 aliphatic heterocycles. The normalized spacial score (nSPS) is 11.8. The molecule has 0 bridgehead atoms. The van der Waals surface area contributed by atoms with Gasteiger partial charge in [0.25, 0.3) is 0 Å². The third-order valence-corrected chi connectivity index (χ3v) is 10.6. The van der Waals surface area contributed by atoms with Crippen molar-refractivity contribution in [1.29, 1.82) is 0 Å². The van der Waals surface area contributed by atoms with Gasteiger partial charge in [-0.25, -0.2) is 0 Å². The van der Waals surface area contributed by atoms with Crippen molar-refractivity contribution in [3.05, 3.63) is 36.5 Å². The number of hydrogen-bond donors (Lipinski definition) is 0. The van der Waals surface area contributed by atoms with Gasteiger partial charge in [-0.1, -0.05) is 173 Å². The molecule has 0 saturated carbocycles. The Hall–Kier alpha value is -2.37. The van der Waals surface area contributed by atoms with E-state index in [1.807, 2.05) is 0 Å². The summed E-state index contributed by atoms with van der Waals surface area (Å²) in [6.45, 7) is 6.57. The maximum atomic E-state index is 12.7. The van der Waals surface area contributed by atoms with Gasteiger partial charge in [0.2, 0.25) is 0 Å². The first-order chi connectivity index (χ1) is 28.0. The number of esters is 3. The first kappa shape index (κ1) is 54.6. The quantitative estimate of drug-likeness (QED) is 0.0264. The Morgan fingerprint density at radius 3 is 0.877 bits per heavy atom. The maximum absolute atomic E-state index is 12.7. The van der Waals surface area contributed by atoms with Gasteiger partial charge in [-0.3, -0.25) is 14.4 Å². The molecule has 0 atom stereocenters. The van der Waals surface area contributed by atoms with Gasteiger partial charge in [-0.05, 0) is 96.3 Å². The second kappa shape index (κ2) is 46.3. The summed E-state index contributed by atoms with van der Waals surface area (Å²) in [5.41, 5.74) is 0. The molecular formula is C51H92O6. The van der Waals surface area contributed by atoms with Crippen LogP contribution in [0.15, 0.2) is 36.5 Å². The highest BCUT2D eigenvalue weighted by atomic mass is 16.6. The van der Waals surface area contributed by atoms with Crippen molar-refractivity contribution in [2.75, 3.05) is 13.2 Å². The lowest BCUT2D eigenvalue weighted by Crippen LogP contribution is -2.30. The fraction of sp³-hybridized carbons (Fsp3) is 0.824. The van der Waals surface area contributed by atoms with Gasteiger partial charge < -0.3 is 14.2 Å². The molecule has 57 heavy (non-hydrogen) atoms. The molecule has 0 aliphatic rings. The van der Waals surface area contributed by atoms with Crippen LogP contribution in [0.25, 0.3) is 0 Å². The molecule has 0 N–H and O–H groups in total. The van der Waals surface area contributed by atoms with Crippen molar-refractivity contribution < 1.29 is 28.6 Å². The Morgan fingerprint density at radius 1 is 0.333 bits per heavy atom. The number of carbonyl (C=O) groups excluding carboxylic acids is 3. The number of carbonyl (C=O) groups is 3. The fourth-order valence-corrected chi connectivity index (χ4v) is 6.84. The number of allylic oxidation sites excluding steroid dienone is 6. The zero-order valence-corrected chi connectivity index (χ0v) is 37.9. The molecule has 0 heterocycles. The largest absolute Gasteiger partial charge is 0.462 e. The molecule has 0 rings (SSSR count). The SMILES string of the molecule is CCCCCC/C=C\CCCCCCCC(=O)OCC(COC(=O)CCCCCCC/C=C\CCCCCC)OC(=O)CCCCCCC/C=C\CCCCCC. The van der Waals surface area contributed by atoms with E-state index in [2.05, 4.69) is 57.2 Å². The predicted molar refractivity (Wildman–Crippen MR) is 242 cm³/mol. The molecule has 0 aromatic rings. The molecule has 0 spiro atoms. The molecule has 0 unspecified atom stereocenters. The van der Waals surface area contributed by atoms with E-state index in [-0.39, 0.29) is 31.1 Å². The van der Waals surface area contributed by atoms with Gasteiger partial charge in [-0.2, -0.15) is 0 Å². The van der Waals surface area contributed by atoms with Crippen molar-refractivity contribution >= 4 is 17.9 Å². The van der Waals surface area contributed by atoms with Gasteiger partial charge >= 0.3 is 17.9 Å².